The zero-order valence-corrected chi connectivity index (χ0v) is 13.3. The first kappa shape index (κ1) is 14.7. The first-order valence-electron chi connectivity index (χ1n) is 6.20. The molecule has 0 amide bonds. The van der Waals surface area contributed by atoms with Gasteiger partial charge in [0.15, 0.2) is 5.75 Å². The highest BCUT2D eigenvalue weighted by molar-refractivity contribution is 9.10. The van der Waals surface area contributed by atoms with Crippen LogP contribution in [-0.4, -0.2) is 12.1 Å². The Morgan fingerprint density at radius 1 is 1.25 bits per heavy atom. The van der Waals surface area contributed by atoms with E-state index in [1.165, 1.54) is 0 Å². The monoisotopic (exact) mass is 336 g/mol. The molecule has 2 rings (SSSR count). The first-order chi connectivity index (χ1) is 9.54. The fraction of sp³-hybridized carbons (Fsp3) is 0.267. The fourth-order valence-corrected chi connectivity index (χ4v) is 2.53. The fourth-order valence-electron chi connectivity index (χ4n) is 2.03. The van der Waals surface area contributed by atoms with Gasteiger partial charge in [0, 0.05) is 17.3 Å². The normalized spacial score (nSPS) is 10.4. The maximum atomic E-state index is 5.90. The number of hydrogen-bond donors (Lipinski definition) is 1. The molecule has 0 atom stereocenters. The van der Waals surface area contributed by atoms with Crippen LogP contribution in [-0.2, 0) is 6.61 Å². The van der Waals surface area contributed by atoms with E-state index in [0.29, 0.717) is 18.0 Å². The number of aryl methyl sites for hydroxylation is 1. The highest BCUT2D eigenvalue weighted by Crippen LogP contribution is 2.32. The molecular weight excluding hydrogens is 320 g/mol. The van der Waals surface area contributed by atoms with Gasteiger partial charge in [-0.2, -0.15) is 0 Å². The van der Waals surface area contributed by atoms with Crippen LogP contribution in [0.1, 0.15) is 16.8 Å². The minimum Gasteiger partial charge on any atom is -0.496 e. The average Bonchev–Trinajstić information content (AvgIpc) is 2.41. The van der Waals surface area contributed by atoms with Crippen molar-refractivity contribution in [2.45, 2.75) is 20.5 Å². The third kappa shape index (κ3) is 2.88. The summed E-state index contributed by atoms with van der Waals surface area (Å²) in [6.07, 6.45) is 1.79. The molecule has 2 aromatic rings. The zero-order chi connectivity index (χ0) is 14.7. The van der Waals surface area contributed by atoms with Gasteiger partial charge < -0.3 is 15.2 Å². The molecule has 0 spiro atoms. The molecular formula is C15H17BrN2O2. The maximum Gasteiger partial charge on any atom is 0.156 e. The number of aromatic nitrogens is 1. The van der Waals surface area contributed by atoms with Gasteiger partial charge in [0.25, 0.3) is 0 Å². The molecule has 0 aliphatic heterocycles. The second-order valence-electron chi connectivity index (χ2n) is 4.49. The topological polar surface area (TPSA) is 57.4 Å². The number of halogens is 1. The van der Waals surface area contributed by atoms with E-state index in [1.54, 1.807) is 19.4 Å². The van der Waals surface area contributed by atoms with E-state index in [0.717, 1.165) is 27.0 Å². The van der Waals surface area contributed by atoms with E-state index in [2.05, 4.69) is 20.9 Å². The molecule has 0 fully saturated rings. The van der Waals surface area contributed by atoms with E-state index in [-0.39, 0.29) is 0 Å². The minimum atomic E-state index is 0.343. The van der Waals surface area contributed by atoms with Gasteiger partial charge in [-0.05, 0) is 41.9 Å². The number of rotatable bonds is 4. The molecule has 106 valence electrons. The van der Waals surface area contributed by atoms with Gasteiger partial charge in [-0.3, -0.25) is 4.98 Å². The van der Waals surface area contributed by atoms with Gasteiger partial charge in [0.1, 0.15) is 12.4 Å². The van der Waals surface area contributed by atoms with Crippen LogP contribution in [0.25, 0.3) is 0 Å². The van der Waals surface area contributed by atoms with Crippen LogP contribution in [0.2, 0.25) is 0 Å². The van der Waals surface area contributed by atoms with E-state index >= 15 is 0 Å². The van der Waals surface area contributed by atoms with Crippen molar-refractivity contribution in [2.75, 3.05) is 12.8 Å². The van der Waals surface area contributed by atoms with Gasteiger partial charge in [0.2, 0.25) is 0 Å². The predicted octanol–water partition coefficient (Wildman–Crippen LogP) is 3.63. The van der Waals surface area contributed by atoms with Crippen molar-refractivity contribution in [3.8, 4) is 11.5 Å². The average molecular weight is 337 g/mol. The number of anilines is 1. The number of nitrogens with zero attached hydrogens (tertiary/aromatic N) is 1. The largest absolute Gasteiger partial charge is 0.496 e. The minimum absolute atomic E-state index is 0.343. The van der Waals surface area contributed by atoms with Crippen molar-refractivity contribution in [1.29, 1.82) is 0 Å². The van der Waals surface area contributed by atoms with E-state index in [9.17, 15) is 0 Å². The highest BCUT2D eigenvalue weighted by Gasteiger charge is 2.11. The molecule has 1 aromatic heterocycles. The third-order valence-electron chi connectivity index (χ3n) is 3.10. The van der Waals surface area contributed by atoms with Crippen LogP contribution >= 0.6 is 15.9 Å². The van der Waals surface area contributed by atoms with Gasteiger partial charge in [-0.25, -0.2) is 0 Å². The summed E-state index contributed by atoms with van der Waals surface area (Å²) >= 11 is 3.43. The number of para-hydroxylation sites is 1. The Morgan fingerprint density at radius 3 is 2.65 bits per heavy atom. The number of benzene rings is 1. The van der Waals surface area contributed by atoms with Crippen LogP contribution in [0.5, 0.6) is 11.5 Å². The van der Waals surface area contributed by atoms with Crippen molar-refractivity contribution >= 4 is 21.6 Å². The lowest BCUT2D eigenvalue weighted by molar-refractivity contribution is 0.298. The Bertz CT molecular complexity index is 609. The summed E-state index contributed by atoms with van der Waals surface area (Å²) in [6.45, 7) is 4.28. The van der Waals surface area contributed by atoms with Crippen LogP contribution in [0.4, 0.5) is 5.69 Å². The Hall–Kier alpha value is -1.75. The number of methoxy groups -OCH3 is 1. The van der Waals surface area contributed by atoms with Crippen LogP contribution in [0.15, 0.2) is 28.9 Å². The molecule has 0 saturated carbocycles. The number of hydrogen-bond acceptors (Lipinski definition) is 4. The molecule has 0 bridgehead atoms. The van der Waals surface area contributed by atoms with E-state index in [4.69, 9.17) is 15.2 Å². The van der Waals surface area contributed by atoms with Crippen LogP contribution in [0.3, 0.4) is 0 Å². The molecule has 0 saturated heterocycles. The first-order valence-corrected chi connectivity index (χ1v) is 6.99. The molecule has 1 aromatic carbocycles. The van der Waals surface area contributed by atoms with Crippen molar-refractivity contribution in [2.24, 2.45) is 0 Å². The van der Waals surface area contributed by atoms with Gasteiger partial charge in [0.05, 0.1) is 23.0 Å². The second-order valence-corrected chi connectivity index (χ2v) is 5.35. The lowest BCUT2D eigenvalue weighted by atomic mass is 10.1. The maximum absolute atomic E-state index is 5.90. The summed E-state index contributed by atoms with van der Waals surface area (Å²) in [7, 11) is 1.66. The Balaban J connectivity index is 2.24. The predicted molar refractivity (Wildman–Crippen MR) is 83.1 cm³/mol. The standard InChI is InChI=1S/C15H17BrN2O2/c1-9-7-18-13(10(2)14(9)19-3)8-20-15-11(16)5-4-6-12(15)17/h4-7H,8,17H2,1-3H3. The molecule has 0 unspecified atom stereocenters. The summed E-state index contributed by atoms with van der Waals surface area (Å²) in [5, 5.41) is 0. The molecule has 20 heavy (non-hydrogen) atoms. The van der Waals surface area contributed by atoms with Crippen LogP contribution in [0, 0.1) is 13.8 Å². The molecule has 5 heteroatoms. The van der Waals surface area contributed by atoms with Gasteiger partial charge in [-0.15, -0.1) is 0 Å². The summed E-state index contributed by atoms with van der Waals surface area (Å²) in [5.74, 6) is 1.48. The SMILES string of the molecule is COc1c(C)cnc(COc2c(N)cccc2Br)c1C. The third-order valence-corrected chi connectivity index (χ3v) is 3.72. The van der Waals surface area contributed by atoms with Crippen molar-refractivity contribution in [3.63, 3.8) is 0 Å². The molecule has 1 heterocycles. The summed E-state index contributed by atoms with van der Waals surface area (Å²) in [4.78, 5) is 4.40. The highest BCUT2D eigenvalue weighted by atomic mass is 79.9. The van der Waals surface area contributed by atoms with Gasteiger partial charge in [-0.1, -0.05) is 6.07 Å². The molecule has 0 aliphatic carbocycles. The Morgan fingerprint density at radius 2 is 2.00 bits per heavy atom. The second kappa shape index (κ2) is 6.13. The zero-order valence-electron chi connectivity index (χ0n) is 11.7. The Kier molecular flexibility index (Phi) is 4.49. The van der Waals surface area contributed by atoms with E-state index < -0.39 is 0 Å². The summed E-state index contributed by atoms with van der Waals surface area (Å²) in [5.41, 5.74) is 9.33. The lowest BCUT2D eigenvalue weighted by Gasteiger charge is -2.14. The number of nitrogens with two attached hydrogens (primary N) is 1. The van der Waals surface area contributed by atoms with Gasteiger partial charge >= 0.3 is 0 Å². The van der Waals surface area contributed by atoms with Crippen molar-refractivity contribution in [1.82, 2.24) is 4.98 Å². The smallest absolute Gasteiger partial charge is 0.156 e. The quantitative estimate of drug-likeness (QED) is 0.866. The van der Waals surface area contributed by atoms with E-state index in [1.807, 2.05) is 26.0 Å². The number of pyridine rings is 1. The number of ether oxygens (including phenoxy) is 2. The summed E-state index contributed by atoms with van der Waals surface area (Å²) in [6, 6.07) is 5.56. The molecule has 0 radical (unpaired) electrons. The molecule has 0 aliphatic rings. The number of nitrogen functional groups attached to an aromatic ring is 1. The lowest BCUT2D eigenvalue weighted by Crippen LogP contribution is -2.05. The van der Waals surface area contributed by atoms with Crippen LogP contribution < -0.4 is 15.2 Å². The Labute approximate surface area is 127 Å². The van der Waals surface area contributed by atoms with Crippen molar-refractivity contribution < 1.29 is 9.47 Å². The van der Waals surface area contributed by atoms with Crippen molar-refractivity contribution in [3.05, 3.63) is 45.7 Å². The summed E-state index contributed by atoms with van der Waals surface area (Å²) < 4.78 is 12.0. The molecule has 2 N–H and O–H groups in total. The molecule has 4 nitrogen and oxygen atoms in total.